The minimum absolute atomic E-state index is 0.276. The van der Waals surface area contributed by atoms with Gasteiger partial charge in [0.1, 0.15) is 0 Å². The number of nitrogens with zero attached hydrogens (tertiary/aromatic N) is 2. The average Bonchev–Trinajstić information content (AvgIpc) is 2.50. The summed E-state index contributed by atoms with van der Waals surface area (Å²) in [6.07, 6.45) is 1.96. The molecule has 1 aromatic heterocycles. The molecule has 0 amide bonds. The van der Waals surface area contributed by atoms with Gasteiger partial charge in [0.2, 0.25) is 0 Å². The third kappa shape index (κ3) is 2.99. The van der Waals surface area contributed by atoms with Crippen molar-refractivity contribution in [1.29, 1.82) is 0 Å². The van der Waals surface area contributed by atoms with E-state index in [0.717, 1.165) is 17.9 Å². The van der Waals surface area contributed by atoms with Crippen molar-refractivity contribution < 1.29 is 0 Å². The van der Waals surface area contributed by atoms with E-state index in [1.54, 1.807) is 0 Å². The molecule has 106 valence electrons. The fraction of sp³-hybridized carbons (Fsp3) is 0.353. The van der Waals surface area contributed by atoms with E-state index in [0.29, 0.717) is 0 Å². The molecule has 0 fully saturated rings. The van der Waals surface area contributed by atoms with E-state index in [2.05, 4.69) is 72.4 Å². The first-order chi connectivity index (χ1) is 9.67. The van der Waals surface area contributed by atoms with E-state index < -0.39 is 0 Å². The lowest BCUT2D eigenvalue weighted by molar-refractivity contribution is 0.633. The quantitative estimate of drug-likeness (QED) is 0.894. The summed E-state index contributed by atoms with van der Waals surface area (Å²) < 4.78 is 0. The Kier molecular flexibility index (Phi) is 4.74. The summed E-state index contributed by atoms with van der Waals surface area (Å²) in [6.45, 7) is 7.34. The maximum atomic E-state index is 4.57. The lowest BCUT2D eigenvalue weighted by Crippen LogP contribution is -2.18. The molecule has 1 heterocycles. The van der Waals surface area contributed by atoms with Gasteiger partial charge in [0.15, 0.2) is 0 Å². The van der Waals surface area contributed by atoms with Crippen LogP contribution in [0.2, 0.25) is 0 Å². The maximum Gasteiger partial charge on any atom is 0.0597 e. The third-order valence-corrected chi connectivity index (χ3v) is 3.68. The van der Waals surface area contributed by atoms with Crippen molar-refractivity contribution in [3.05, 3.63) is 53.9 Å². The molecular weight excluding hydrogens is 246 g/mol. The van der Waals surface area contributed by atoms with Crippen LogP contribution in [0.4, 0.5) is 11.4 Å². The second-order valence-electron chi connectivity index (χ2n) is 4.98. The summed E-state index contributed by atoms with van der Waals surface area (Å²) in [6, 6.07) is 13.0. The Morgan fingerprint density at radius 3 is 2.50 bits per heavy atom. The molecule has 0 aliphatic rings. The number of pyridine rings is 1. The Labute approximate surface area is 121 Å². The van der Waals surface area contributed by atoms with Crippen molar-refractivity contribution in [2.45, 2.75) is 26.8 Å². The van der Waals surface area contributed by atoms with Crippen molar-refractivity contribution in [1.82, 2.24) is 10.3 Å². The van der Waals surface area contributed by atoms with Crippen molar-refractivity contribution in [3.63, 3.8) is 0 Å². The Balaban J connectivity index is 2.31. The Morgan fingerprint density at radius 2 is 1.95 bits per heavy atom. The normalized spacial score (nSPS) is 12.2. The molecule has 1 N–H and O–H groups in total. The van der Waals surface area contributed by atoms with E-state index in [-0.39, 0.29) is 6.04 Å². The van der Waals surface area contributed by atoms with Gasteiger partial charge in [0, 0.05) is 18.3 Å². The molecule has 1 atom stereocenters. The lowest BCUT2D eigenvalue weighted by Gasteiger charge is -2.25. The van der Waals surface area contributed by atoms with Gasteiger partial charge in [0.05, 0.1) is 17.6 Å². The van der Waals surface area contributed by atoms with Gasteiger partial charge >= 0.3 is 0 Å². The number of aryl methyl sites for hydroxylation is 1. The summed E-state index contributed by atoms with van der Waals surface area (Å²) in [5.41, 5.74) is 4.72. The van der Waals surface area contributed by atoms with Gasteiger partial charge in [-0.15, -0.1) is 0 Å². The van der Waals surface area contributed by atoms with Crippen LogP contribution in [0.5, 0.6) is 0 Å². The van der Waals surface area contributed by atoms with E-state index >= 15 is 0 Å². The Hall–Kier alpha value is -1.87. The minimum atomic E-state index is 0.276. The van der Waals surface area contributed by atoms with E-state index in [1.165, 1.54) is 11.3 Å². The fourth-order valence-corrected chi connectivity index (χ4v) is 2.32. The molecule has 3 heteroatoms. The first-order valence-electron chi connectivity index (χ1n) is 7.13. The van der Waals surface area contributed by atoms with Crippen LogP contribution in [0.3, 0.4) is 0 Å². The fourth-order valence-electron chi connectivity index (χ4n) is 2.32. The first kappa shape index (κ1) is 14.5. The summed E-state index contributed by atoms with van der Waals surface area (Å²) in [5, 5.41) is 3.21. The predicted octanol–water partition coefficient (Wildman–Crippen LogP) is 3.83. The average molecular weight is 269 g/mol. The second kappa shape index (κ2) is 6.53. The van der Waals surface area contributed by atoms with Crippen LogP contribution in [0.25, 0.3) is 0 Å². The molecule has 0 saturated carbocycles. The van der Waals surface area contributed by atoms with E-state index in [4.69, 9.17) is 0 Å². The van der Waals surface area contributed by atoms with Gasteiger partial charge < -0.3 is 10.2 Å². The molecule has 0 aliphatic heterocycles. The summed E-state index contributed by atoms with van der Waals surface area (Å²) >= 11 is 0. The largest absolute Gasteiger partial charge is 0.340 e. The highest BCUT2D eigenvalue weighted by atomic mass is 15.1. The number of rotatable bonds is 5. The van der Waals surface area contributed by atoms with Gasteiger partial charge in [0.25, 0.3) is 0 Å². The number of aromatic nitrogens is 1. The highest BCUT2D eigenvalue weighted by Gasteiger charge is 2.11. The molecule has 3 nitrogen and oxygen atoms in total. The zero-order valence-electron chi connectivity index (χ0n) is 12.7. The van der Waals surface area contributed by atoms with Crippen LogP contribution in [0.15, 0.2) is 42.6 Å². The molecule has 2 rings (SSSR count). The molecule has 20 heavy (non-hydrogen) atoms. The van der Waals surface area contributed by atoms with Crippen molar-refractivity contribution >= 4 is 11.4 Å². The molecule has 0 radical (unpaired) electrons. The zero-order chi connectivity index (χ0) is 14.5. The molecule has 0 saturated heterocycles. The Morgan fingerprint density at radius 1 is 1.20 bits per heavy atom. The first-order valence-corrected chi connectivity index (χ1v) is 7.13. The predicted molar refractivity (Wildman–Crippen MR) is 85.6 cm³/mol. The molecule has 0 bridgehead atoms. The topological polar surface area (TPSA) is 28.2 Å². The van der Waals surface area contributed by atoms with Crippen molar-refractivity contribution in [2.24, 2.45) is 0 Å². The molecule has 0 aliphatic carbocycles. The monoisotopic (exact) mass is 269 g/mol. The number of anilines is 2. The molecule has 0 spiro atoms. The van der Waals surface area contributed by atoms with Crippen LogP contribution < -0.4 is 10.2 Å². The van der Waals surface area contributed by atoms with Crippen molar-refractivity contribution in [3.8, 4) is 0 Å². The van der Waals surface area contributed by atoms with Crippen LogP contribution in [-0.2, 0) is 0 Å². The summed E-state index contributed by atoms with van der Waals surface area (Å²) in [4.78, 5) is 6.86. The summed E-state index contributed by atoms with van der Waals surface area (Å²) in [7, 11) is 1.95. The number of hydrogen-bond acceptors (Lipinski definition) is 3. The second-order valence-corrected chi connectivity index (χ2v) is 4.98. The number of para-hydroxylation sites is 1. The van der Waals surface area contributed by atoms with Crippen LogP contribution in [0, 0.1) is 6.92 Å². The molecule has 1 aromatic carbocycles. The Bertz CT molecular complexity index is 548. The van der Waals surface area contributed by atoms with Crippen molar-refractivity contribution in [2.75, 3.05) is 18.5 Å². The highest BCUT2D eigenvalue weighted by Crippen LogP contribution is 2.27. The SMILES string of the molecule is CCN(c1ccc(C(C)NC)nc1)c1ccccc1C. The molecule has 1 unspecified atom stereocenters. The van der Waals surface area contributed by atoms with Crippen LogP contribution in [-0.4, -0.2) is 18.6 Å². The van der Waals surface area contributed by atoms with E-state index in [1.807, 2.05) is 13.2 Å². The molecular formula is C17H23N3. The minimum Gasteiger partial charge on any atom is -0.340 e. The smallest absolute Gasteiger partial charge is 0.0597 e. The number of hydrogen-bond donors (Lipinski definition) is 1. The molecule has 2 aromatic rings. The number of nitrogens with one attached hydrogen (secondary N) is 1. The van der Waals surface area contributed by atoms with E-state index in [9.17, 15) is 0 Å². The van der Waals surface area contributed by atoms with Gasteiger partial charge in [-0.05, 0) is 51.6 Å². The maximum absolute atomic E-state index is 4.57. The van der Waals surface area contributed by atoms with Gasteiger partial charge in [-0.2, -0.15) is 0 Å². The number of benzene rings is 1. The summed E-state index contributed by atoms with van der Waals surface area (Å²) in [5.74, 6) is 0. The lowest BCUT2D eigenvalue weighted by atomic mass is 10.1. The highest BCUT2D eigenvalue weighted by molar-refractivity contribution is 5.65. The third-order valence-electron chi connectivity index (χ3n) is 3.68. The van der Waals surface area contributed by atoms with Gasteiger partial charge in [-0.25, -0.2) is 0 Å². The zero-order valence-corrected chi connectivity index (χ0v) is 12.7. The van der Waals surface area contributed by atoms with Crippen LogP contribution in [0.1, 0.15) is 31.1 Å². The standard InChI is InChI=1S/C17H23N3/c1-5-20(17-9-7-6-8-13(17)2)15-10-11-16(19-12-15)14(3)18-4/h6-12,14,18H,5H2,1-4H3. The van der Waals surface area contributed by atoms with Gasteiger partial charge in [-0.1, -0.05) is 18.2 Å². The van der Waals surface area contributed by atoms with Crippen LogP contribution >= 0.6 is 0 Å². The van der Waals surface area contributed by atoms with Gasteiger partial charge in [-0.3, -0.25) is 4.98 Å².